The van der Waals surface area contributed by atoms with Gasteiger partial charge in [0.05, 0.1) is 0 Å². The second-order valence-corrected chi connectivity index (χ2v) is 13.4. The van der Waals surface area contributed by atoms with Gasteiger partial charge in [-0.15, -0.1) is 0 Å². The molecule has 0 bridgehead atoms. The van der Waals surface area contributed by atoms with E-state index in [2.05, 4.69) is 16.8 Å². The van der Waals surface area contributed by atoms with Crippen molar-refractivity contribution in [1.82, 2.24) is 2.52 Å². The molecule has 2 aromatic carbocycles. The normalized spacial score (nSPS) is 14.6. The van der Waals surface area contributed by atoms with E-state index in [0.717, 1.165) is 30.9 Å². The van der Waals surface area contributed by atoms with Gasteiger partial charge in [0.15, 0.2) is 0 Å². The fourth-order valence-electron chi connectivity index (χ4n) is 3.36. The van der Waals surface area contributed by atoms with E-state index in [9.17, 15) is 13.2 Å². The molecule has 148 valence electrons. The van der Waals surface area contributed by atoms with Gasteiger partial charge in [-0.3, -0.25) is 0 Å². The first-order chi connectivity index (χ1) is 13.3. The van der Waals surface area contributed by atoms with E-state index >= 15 is 0 Å². The molecule has 28 heavy (non-hydrogen) atoms. The molecule has 2 aromatic rings. The summed E-state index contributed by atoms with van der Waals surface area (Å²) in [7, 11) is -3.97. The first kappa shape index (κ1) is 20.9. The number of unbranched alkanes of at least 4 members (excludes halogenated alkanes) is 2. The molecule has 4 nitrogen and oxygen atoms in total. The number of nitrogens with zero attached hydrogens (tertiary/aromatic N) is 1. The molecule has 0 saturated carbocycles. The van der Waals surface area contributed by atoms with E-state index in [-0.39, 0.29) is 4.90 Å². The predicted octanol–water partition coefficient (Wildman–Crippen LogP) is 5.20. The van der Waals surface area contributed by atoms with Crippen LogP contribution in [0.15, 0.2) is 41.3 Å². The zero-order valence-corrected chi connectivity index (χ0v) is 19.5. The van der Waals surface area contributed by atoms with Crippen molar-refractivity contribution in [2.75, 3.05) is 0 Å². The van der Waals surface area contributed by atoms with Crippen LogP contribution in [0.1, 0.15) is 53.2 Å². The molecule has 0 unspecified atom stereocenters. The number of benzene rings is 2. The predicted molar refractivity (Wildman–Crippen MR) is 120 cm³/mol. The first-order valence-electron chi connectivity index (χ1n) is 9.24. The Morgan fingerprint density at radius 3 is 2.36 bits per heavy atom. The summed E-state index contributed by atoms with van der Waals surface area (Å²) in [6, 6.07) is 10.9. The monoisotopic (exact) mass is 509 g/mol. The van der Waals surface area contributed by atoms with Gasteiger partial charge in [0.25, 0.3) is 0 Å². The third-order valence-electron chi connectivity index (χ3n) is 4.50. The summed E-state index contributed by atoms with van der Waals surface area (Å²) in [6.07, 6.45) is 2.72. The van der Waals surface area contributed by atoms with E-state index < -0.39 is 36.0 Å². The molecule has 1 heterocycles. The first-order valence-corrected chi connectivity index (χ1v) is 13.8. The van der Waals surface area contributed by atoms with Gasteiger partial charge in [0.1, 0.15) is 0 Å². The van der Waals surface area contributed by atoms with Crippen molar-refractivity contribution in [2.45, 2.75) is 51.9 Å². The zero-order valence-electron chi connectivity index (χ0n) is 16.5. The molecule has 0 aliphatic carbocycles. The fraction of sp³-hybridized carbons (Fsp3) is 0.318. The molecule has 0 spiro atoms. The molecule has 0 saturated heterocycles. The van der Waals surface area contributed by atoms with E-state index in [1.54, 1.807) is 26.0 Å². The van der Waals surface area contributed by atoms with E-state index in [1.807, 2.05) is 31.2 Å². The SMILES string of the molecule is CCCCC#CI1c2ccccc2C(=O)N1S(=O)(=O)c1c(C)cc(C)cc1C. The number of sulfonamides is 1. The molecule has 1 amide bonds. The molecular weight excluding hydrogens is 485 g/mol. The average Bonchev–Trinajstić information content (AvgIpc) is 2.91. The number of aryl methyl sites for hydroxylation is 3. The maximum absolute atomic E-state index is 13.6. The van der Waals surface area contributed by atoms with Crippen LogP contribution in [0.4, 0.5) is 0 Å². The quantitative estimate of drug-likeness (QED) is 0.247. The van der Waals surface area contributed by atoms with Gasteiger partial charge in [0, 0.05) is 0 Å². The number of amides is 1. The molecule has 3 rings (SSSR count). The topological polar surface area (TPSA) is 54.5 Å². The van der Waals surface area contributed by atoms with E-state index in [1.165, 1.54) is 0 Å². The van der Waals surface area contributed by atoms with E-state index in [0.29, 0.717) is 16.7 Å². The molecule has 1 aliphatic heterocycles. The molecule has 6 heteroatoms. The Morgan fingerprint density at radius 1 is 1.07 bits per heavy atom. The van der Waals surface area contributed by atoms with Crippen LogP contribution in [0.3, 0.4) is 0 Å². The van der Waals surface area contributed by atoms with Crippen LogP contribution in [0.25, 0.3) is 0 Å². The third kappa shape index (κ3) is 3.70. The summed E-state index contributed by atoms with van der Waals surface area (Å²) < 4.78 is 32.4. The van der Waals surface area contributed by atoms with Gasteiger partial charge < -0.3 is 0 Å². The molecule has 1 aliphatic rings. The number of fused-ring (bicyclic) bond motifs is 1. The summed E-state index contributed by atoms with van der Waals surface area (Å²) in [5.41, 5.74) is 2.80. The molecule has 0 atom stereocenters. The Labute approximate surface area is 175 Å². The zero-order chi connectivity index (χ0) is 20.5. The third-order valence-corrected chi connectivity index (χ3v) is 13.0. The van der Waals surface area contributed by atoms with Crippen LogP contribution < -0.4 is 0 Å². The number of hydrogen-bond donors (Lipinski definition) is 0. The molecule has 0 radical (unpaired) electrons. The second kappa shape index (κ2) is 8.26. The van der Waals surface area contributed by atoms with Crippen LogP contribution in [0, 0.1) is 34.2 Å². The van der Waals surface area contributed by atoms with Gasteiger partial charge >= 0.3 is 176 Å². The van der Waals surface area contributed by atoms with Gasteiger partial charge in [-0.2, -0.15) is 0 Å². The number of carbonyl (C=O) groups excluding carboxylic acids is 1. The van der Waals surface area contributed by atoms with Crippen molar-refractivity contribution < 1.29 is 13.2 Å². The molecule has 0 aromatic heterocycles. The maximum atomic E-state index is 13.6. The van der Waals surface area contributed by atoms with Crippen LogP contribution in [-0.4, -0.2) is 16.8 Å². The second-order valence-electron chi connectivity index (χ2n) is 6.87. The number of hydrogen-bond acceptors (Lipinski definition) is 3. The summed E-state index contributed by atoms with van der Waals surface area (Å²) in [4.78, 5) is 13.4. The summed E-state index contributed by atoms with van der Waals surface area (Å²) in [5, 5.41) is 0. The number of halogens is 1. The van der Waals surface area contributed by atoms with E-state index in [4.69, 9.17) is 0 Å². The Balaban J connectivity index is 2.15. The van der Waals surface area contributed by atoms with Crippen molar-refractivity contribution in [3.63, 3.8) is 0 Å². The average molecular weight is 509 g/mol. The minimum atomic E-state index is -3.97. The Hall–Kier alpha value is -1.85. The van der Waals surface area contributed by atoms with Crippen molar-refractivity contribution >= 4 is 36.0 Å². The van der Waals surface area contributed by atoms with Crippen molar-refractivity contribution in [3.05, 3.63) is 62.2 Å². The number of carbonyl (C=O) groups is 1. The number of rotatable bonds is 4. The summed E-state index contributed by atoms with van der Waals surface area (Å²) in [5.74, 6) is 2.70. The molecule has 0 N–H and O–H groups in total. The van der Waals surface area contributed by atoms with Crippen molar-refractivity contribution in [3.8, 4) is 9.85 Å². The fourth-order valence-corrected chi connectivity index (χ4v) is 11.7. The Bertz CT molecular complexity index is 1070. The van der Waals surface area contributed by atoms with Crippen molar-refractivity contribution in [2.24, 2.45) is 0 Å². The standard InChI is InChI=1S/C22H24INO3S/c1-5-6-7-10-13-23-20-12-9-8-11-19(20)22(25)24(23)28(26,27)21-17(3)14-16(2)15-18(21)4/h8-9,11-12,14-15H,5-7H2,1-4H3. The van der Waals surface area contributed by atoms with Gasteiger partial charge in [-0.25, -0.2) is 0 Å². The molecular formula is C22H24INO3S. The Morgan fingerprint density at radius 2 is 1.71 bits per heavy atom. The Kier molecular flexibility index (Phi) is 6.15. The van der Waals surface area contributed by atoms with Gasteiger partial charge in [-0.1, -0.05) is 0 Å². The van der Waals surface area contributed by atoms with Crippen LogP contribution >= 0.6 is 20.1 Å². The van der Waals surface area contributed by atoms with Gasteiger partial charge in [0.2, 0.25) is 0 Å². The summed E-state index contributed by atoms with van der Waals surface area (Å²) >= 11 is -2.73. The van der Waals surface area contributed by atoms with Gasteiger partial charge in [-0.05, 0) is 0 Å². The molecule has 0 fully saturated rings. The minimum absolute atomic E-state index is 0.233. The van der Waals surface area contributed by atoms with Crippen LogP contribution in [-0.2, 0) is 10.0 Å². The van der Waals surface area contributed by atoms with Crippen molar-refractivity contribution in [1.29, 1.82) is 0 Å². The van der Waals surface area contributed by atoms with Crippen LogP contribution in [0.2, 0.25) is 0 Å². The van der Waals surface area contributed by atoms with Crippen LogP contribution in [0.5, 0.6) is 0 Å². The summed E-state index contributed by atoms with van der Waals surface area (Å²) in [6.45, 7) is 7.60.